The number of methoxy groups -OCH3 is 1. The molecule has 1 unspecified atom stereocenters. The van der Waals surface area contributed by atoms with Crippen molar-refractivity contribution < 1.29 is 139 Å². The number of fused-ring (bicyclic) bond motifs is 2. The summed E-state index contributed by atoms with van der Waals surface area (Å²) < 4.78 is 89.3. The van der Waals surface area contributed by atoms with Gasteiger partial charge in [0.15, 0.2) is 6.10 Å². The number of rotatable bonds is 64. The van der Waals surface area contributed by atoms with Gasteiger partial charge in [-0.25, -0.2) is 19.6 Å². The number of carbonyl (C=O) groups is 11. The lowest BCUT2D eigenvalue weighted by atomic mass is 10.0. The van der Waals surface area contributed by atoms with Gasteiger partial charge in [0.25, 0.3) is 23.6 Å². The zero-order valence-corrected chi connectivity index (χ0v) is 76.3. The zero-order chi connectivity index (χ0) is 97.0. The quantitative estimate of drug-likeness (QED) is 0.00838. The molecule has 3 aromatic heterocycles. The summed E-state index contributed by atoms with van der Waals surface area (Å²) in [6.07, 6.45) is -0.0149. The Balaban J connectivity index is 0.656. The lowest BCUT2D eigenvalue weighted by Crippen LogP contribution is -2.52. The van der Waals surface area contributed by atoms with Crippen molar-refractivity contribution in [2.45, 2.75) is 104 Å². The van der Waals surface area contributed by atoms with Gasteiger partial charge in [-0.3, -0.25) is 68.3 Å². The molecule has 47 heteroatoms. The molecular weight excluding hydrogens is 1770 g/mol. The van der Waals surface area contributed by atoms with Crippen molar-refractivity contribution in [1.29, 1.82) is 5.41 Å². The number of primary amides is 2. The van der Waals surface area contributed by atoms with E-state index in [-0.39, 0.29) is 173 Å². The molecule has 9 rings (SSSR count). The number of benzene rings is 3. The number of carboxylic acids is 1. The predicted molar refractivity (Wildman–Crippen MR) is 483 cm³/mol. The number of nitrogens with one attached hydrogen (secondary N) is 7. The summed E-state index contributed by atoms with van der Waals surface area (Å²) in [6, 6.07) is 12.0. The number of aryl methyl sites for hydroxylation is 2. The van der Waals surface area contributed by atoms with Gasteiger partial charge in [0.2, 0.25) is 47.7 Å². The average molecular weight is 1900 g/mol. The maximum absolute atomic E-state index is 14.0. The fraction of sp³-hybridized carbons (Fsp3) is 0.534. The van der Waals surface area contributed by atoms with Crippen LogP contribution in [0.3, 0.4) is 0 Å². The minimum Gasteiger partial charge on any atom is -0.494 e. The van der Waals surface area contributed by atoms with E-state index in [9.17, 15) is 68.1 Å². The van der Waals surface area contributed by atoms with Crippen LogP contribution < -0.4 is 57.6 Å². The molecule has 0 spiro atoms. The van der Waals surface area contributed by atoms with Crippen molar-refractivity contribution in [3.05, 3.63) is 113 Å². The number of imidazole rings is 2. The fourth-order valence-electron chi connectivity index (χ4n) is 13.7. The number of aliphatic hydroxyl groups is 2. The van der Waals surface area contributed by atoms with Crippen LogP contribution in [0.5, 0.6) is 17.2 Å². The van der Waals surface area contributed by atoms with Crippen LogP contribution in [0.1, 0.15) is 88.9 Å². The first kappa shape index (κ1) is 106. The highest BCUT2D eigenvalue weighted by atomic mass is 16.7. The second kappa shape index (κ2) is 56.6. The number of piperazine rings is 1. The summed E-state index contributed by atoms with van der Waals surface area (Å²) in [6.45, 7) is 16.1. The monoisotopic (exact) mass is 1890 g/mol. The number of ether oxygens (including phenoxy) is 15. The molecule has 3 aliphatic rings. The van der Waals surface area contributed by atoms with E-state index in [2.05, 4.69) is 41.9 Å². The number of nitrogens with zero attached hydrogens (tertiary/aromatic N) is 9. The summed E-state index contributed by atoms with van der Waals surface area (Å²) >= 11 is 0. The SMILES string of the molecule is CCN/C(=C\C(C)=N)C(=O)Nc1nc2cc(C(N)=O)cc(OCCCN3CCN(C(=O)OCc4ccc(OC5O[C@H](C(=O)O)[C@@H](O)C[C@H]5O)c(NC(=O)CCNC(=O)CCOCCOCCOCCOCCOCCOCCOCCOCCOCCOCCNC(=O)CN5C(=O)C=CC5=O)c4)CC3)c2n1C/C=C/Cn1c(NC(=O)c2cc(C)nn2CC)nc2cc(C(N)=O)cc(OC)c21. The van der Waals surface area contributed by atoms with Crippen LogP contribution in [0.15, 0.2) is 84.6 Å². The minimum atomic E-state index is -1.74. The van der Waals surface area contributed by atoms with Gasteiger partial charge in [0, 0.05) is 120 Å². The van der Waals surface area contributed by atoms with Crippen LogP contribution in [0.4, 0.5) is 22.4 Å². The third-order valence-electron chi connectivity index (χ3n) is 20.4. The van der Waals surface area contributed by atoms with Gasteiger partial charge >= 0.3 is 12.1 Å². The highest BCUT2D eigenvalue weighted by molar-refractivity contribution is 6.14. The maximum Gasteiger partial charge on any atom is 0.410 e. The number of anilines is 3. The number of likely N-dealkylation sites (N-methyl/N-ethyl adjacent to an activating group) is 1. The number of hydrogen-bond acceptors (Lipinski definition) is 34. The van der Waals surface area contributed by atoms with Gasteiger partial charge in [0.1, 0.15) is 58.9 Å². The molecular formula is C88H122N18O29. The average Bonchev–Trinajstić information content (AvgIpc) is 1.62. The highest BCUT2D eigenvalue weighted by Gasteiger charge is 2.42. The van der Waals surface area contributed by atoms with Crippen molar-refractivity contribution in [3.8, 4) is 17.2 Å². The van der Waals surface area contributed by atoms with Crippen molar-refractivity contribution in [2.24, 2.45) is 11.5 Å². The van der Waals surface area contributed by atoms with Crippen LogP contribution >= 0.6 is 0 Å². The van der Waals surface area contributed by atoms with Gasteiger partial charge in [-0.2, -0.15) is 5.10 Å². The molecule has 135 heavy (non-hydrogen) atoms. The molecule has 0 bridgehead atoms. The standard InChI is InChI=1S/C88H122N18O29/c1-6-92-65(47-57(3)89)82(116)98-86-97-64-51-61(81(91)115)53-71(78(64)104(86)21-9-8-20-103-77-63(50-60(80(90)114)52-70(77)121-5)96-87(103)99-83(117)66-48-58(4)100-106(66)7-2)132-26-10-19-101-22-24-102(25-23-101)88(120)133-56-59-11-12-69(134-85-68(108)54-67(107)79(135-85)84(118)119)62(49-59)95-73(110)15-17-93-72(109)16-27-122-29-31-124-33-35-126-37-39-128-41-43-130-45-46-131-44-42-129-40-38-127-36-34-125-32-30-123-28-18-94-74(111)55-105-75(112)13-14-76(105)113/h8-9,11-14,47-53,67-68,79,85,89,92,107-108H,6-7,10,15-46,54-56H2,1-5H3,(H2,90,114)(H2,91,115)(H,93,109)(H,94,111)(H,95,110)(H,118,119)(H,96,99,117)(H,97,98,116)/b9-8+,65-47-,89-57?/t67-,68+,79-,85?/m0/s1. The Kier molecular flexibility index (Phi) is 44.6. The first-order chi connectivity index (χ1) is 65.2. The molecule has 3 aliphatic heterocycles. The molecule has 10 amide bonds. The van der Waals surface area contributed by atoms with Gasteiger partial charge in [0.05, 0.1) is 174 Å². The number of allylic oxidation sites excluding steroid dienone is 3. The van der Waals surface area contributed by atoms with Crippen molar-refractivity contribution in [1.82, 2.24) is 59.5 Å². The summed E-state index contributed by atoms with van der Waals surface area (Å²) in [4.78, 5) is 154. The maximum atomic E-state index is 14.0. The largest absolute Gasteiger partial charge is 0.494 e. The Hall–Kier alpha value is -12.5. The number of amides is 10. The normalized spacial score (nSPS) is 15.8. The summed E-state index contributed by atoms with van der Waals surface area (Å²) in [5, 5.41) is 60.1. The highest BCUT2D eigenvalue weighted by Crippen LogP contribution is 2.35. The van der Waals surface area contributed by atoms with Crippen molar-refractivity contribution in [2.75, 3.05) is 221 Å². The number of nitrogens with two attached hydrogens (primary N) is 2. The van der Waals surface area contributed by atoms with E-state index in [4.69, 9.17) is 97.9 Å². The molecule has 14 N–H and O–H groups in total. The number of carboxylic acid groups (broad SMARTS) is 1. The molecule has 3 aromatic carbocycles. The summed E-state index contributed by atoms with van der Waals surface area (Å²) in [5.74, 6) is -6.06. The topological polar surface area (TPSA) is 598 Å². The molecule has 0 saturated carbocycles. The first-order valence-corrected chi connectivity index (χ1v) is 44.2. The van der Waals surface area contributed by atoms with Gasteiger partial charge in [-0.05, 0) is 88.2 Å². The van der Waals surface area contributed by atoms with E-state index in [0.717, 1.165) is 17.1 Å². The van der Waals surface area contributed by atoms with E-state index in [0.29, 0.717) is 173 Å². The molecule has 738 valence electrons. The summed E-state index contributed by atoms with van der Waals surface area (Å²) in [5.41, 5.74) is 14.6. The molecule has 47 nitrogen and oxygen atoms in total. The van der Waals surface area contributed by atoms with Crippen molar-refractivity contribution in [3.63, 3.8) is 0 Å². The molecule has 0 aliphatic carbocycles. The van der Waals surface area contributed by atoms with Crippen LogP contribution in [0, 0.1) is 12.3 Å². The Morgan fingerprint density at radius 2 is 1.12 bits per heavy atom. The molecule has 4 atom stereocenters. The number of aliphatic carboxylic acids is 1. The molecule has 6 heterocycles. The molecule has 6 aromatic rings. The van der Waals surface area contributed by atoms with E-state index < -0.39 is 90.3 Å². The number of carbonyl (C=O) groups excluding carboxylic acids is 10. The second-order valence-corrected chi connectivity index (χ2v) is 30.5. The van der Waals surface area contributed by atoms with Gasteiger partial charge in [-0.1, -0.05) is 18.2 Å². The van der Waals surface area contributed by atoms with E-state index >= 15 is 0 Å². The number of hydrogen-bond donors (Lipinski definition) is 12. The molecule has 2 fully saturated rings. The van der Waals surface area contributed by atoms with Crippen LogP contribution in [0.25, 0.3) is 22.1 Å². The number of aromatic nitrogens is 6. The first-order valence-electron chi connectivity index (χ1n) is 44.2. The minimum absolute atomic E-state index is 0.0130. The van der Waals surface area contributed by atoms with Gasteiger partial charge < -0.3 is 139 Å². The Labute approximate surface area is 777 Å². The lowest BCUT2D eigenvalue weighted by molar-refractivity contribution is -0.237. The lowest BCUT2D eigenvalue weighted by Gasteiger charge is -2.35. The van der Waals surface area contributed by atoms with Crippen LogP contribution in [-0.4, -0.2) is 359 Å². The van der Waals surface area contributed by atoms with Gasteiger partial charge in [-0.15, -0.1) is 0 Å². The Morgan fingerprint density at radius 1 is 0.593 bits per heavy atom. The molecule has 0 radical (unpaired) electrons. The van der Waals surface area contributed by atoms with Crippen LogP contribution in [0.2, 0.25) is 0 Å². The number of aliphatic hydroxyl groups excluding tert-OH is 2. The summed E-state index contributed by atoms with van der Waals surface area (Å²) in [7, 11) is 1.42. The fourth-order valence-corrected chi connectivity index (χ4v) is 13.7. The van der Waals surface area contributed by atoms with E-state index in [1.165, 1.54) is 67.5 Å². The van der Waals surface area contributed by atoms with Crippen molar-refractivity contribution >= 4 is 111 Å². The van der Waals surface area contributed by atoms with Crippen LogP contribution in [-0.2, 0) is 117 Å². The predicted octanol–water partition coefficient (Wildman–Crippen LogP) is 1.16. The Bertz CT molecular complexity index is 5050. The second-order valence-electron chi connectivity index (χ2n) is 30.5. The van der Waals surface area contributed by atoms with E-state index in [1.807, 2.05) is 6.92 Å². The third-order valence-corrected chi connectivity index (χ3v) is 20.4. The zero-order valence-electron chi connectivity index (χ0n) is 76.3. The number of imide groups is 1. The molecule has 2 saturated heterocycles. The Morgan fingerprint density at radius 3 is 1.64 bits per heavy atom. The van der Waals surface area contributed by atoms with E-state index in [1.54, 1.807) is 45.9 Å². The third kappa shape index (κ3) is 34.7. The smallest absolute Gasteiger partial charge is 0.410 e.